The Bertz CT molecular complexity index is 475. The molecule has 4 nitrogen and oxygen atoms in total. The summed E-state index contributed by atoms with van der Waals surface area (Å²) in [6, 6.07) is 4.69. The highest BCUT2D eigenvalue weighted by molar-refractivity contribution is 6.00. The van der Waals surface area contributed by atoms with Crippen LogP contribution in [0.15, 0.2) is 18.2 Å². The Morgan fingerprint density at radius 2 is 2.25 bits per heavy atom. The van der Waals surface area contributed by atoms with Crippen LogP contribution in [-0.4, -0.2) is 41.7 Å². The highest BCUT2D eigenvalue weighted by Gasteiger charge is 2.30. The number of carbonyl (C=O) groups is 1. The van der Waals surface area contributed by atoms with Gasteiger partial charge in [-0.3, -0.25) is 4.79 Å². The van der Waals surface area contributed by atoms with Crippen molar-refractivity contribution in [3.8, 4) is 0 Å². The first-order valence-corrected chi connectivity index (χ1v) is 7.13. The third-order valence-electron chi connectivity index (χ3n) is 3.71. The maximum Gasteiger partial charge on any atom is 0.256 e. The number of nitrogens with zero attached hydrogens (tertiary/aromatic N) is 1. The lowest BCUT2D eigenvalue weighted by Crippen LogP contribution is -2.45. The second-order valence-electron chi connectivity index (χ2n) is 5.00. The van der Waals surface area contributed by atoms with Crippen LogP contribution in [0, 0.1) is 5.82 Å². The van der Waals surface area contributed by atoms with Gasteiger partial charge < -0.3 is 15.3 Å². The molecule has 2 rings (SSSR count). The zero-order valence-corrected chi connectivity index (χ0v) is 11.7. The standard InChI is InChI=1S/C15H21FN2O2/c1-2-17-14-12(7-4-8-13(14)16)15(20)18(9-10-19)11-5-3-6-11/h4,7-8,11,17,19H,2-3,5-6,9-10H2,1H3. The van der Waals surface area contributed by atoms with Gasteiger partial charge in [-0.15, -0.1) is 0 Å². The van der Waals surface area contributed by atoms with Gasteiger partial charge in [-0.25, -0.2) is 4.39 Å². The molecule has 0 heterocycles. The van der Waals surface area contributed by atoms with Crippen LogP contribution < -0.4 is 5.32 Å². The van der Waals surface area contributed by atoms with E-state index in [-0.39, 0.29) is 24.2 Å². The molecule has 1 aliphatic carbocycles. The first-order chi connectivity index (χ1) is 9.69. The molecule has 110 valence electrons. The molecule has 0 aliphatic heterocycles. The zero-order valence-electron chi connectivity index (χ0n) is 11.7. The van der Waals surface area contributed by atoms with Crippen molar-refractivity contribution in [2.75, 3.05) is 25.0 Å². The third kappa shape index (κ3) is 2.93. The number of benzene rings is 1. The van der Waals surface area contributed by atoms with Gasteiger partial charge in [0.15, 0.2) is 0 Å². The molecule has 0 spiro atoms. The van der Waals surface area contributed by atoms with Crippen molar-refractivity contribution in [1.82, 2.24) is 4.90 Å². The van der Waals surface area contributed by atoms with Gasteiger partial charge in [-0.05, 0) is 38.3 Å². The number of rotatable bonds is 6. The van der Waals surface area contributed by atoms with E-state index in [0.717, 1.165) is 19.3 Å². The average molecular weight is 280 g/mol. The Kier molecular flexibility index (Phi) is 4.95. The summed E-state index contributed by atoms with van der Waals surface area (Å²) in [5, 5.41) is 12.1. The summed E-state index contributed by atoms with van der Waals surface area (Å²) in [5.74, 6) is -0.630. The van der Waals surface area contributed by atoms with Gasteiger partial charge in [0.1, 0.15) is 5.82 Å². The number of aliphatic hydroxyl groups excluding tert-OH is 1. The Morgan fingerprint density at radius 3 is 2.80 bits per heavy atom. The van der Waals surface area contributed by atoms with Crippen LogP contribution in [0.25, 0.3) is 0 Å². The van der Waals surface area contributed by atoms with Crippen LogP contribution in [0.5, 0.6) is 0 Å². The molecule has 1 saturated carbocycles. The third-order valence-corrected chi connectivity index (χ3v) is 3.71. The first kappa shape index (κ1) is 14.8. The van der Waals surface area contributed by atoms with Crippen LogP contribution in [0.2, 0.25) is 0 Å². The minimum Gasteiger partial charge on any atom is -0.395 e. The SMILES string of the molecule is CCNc1c(F)cccc1C(=O)N(CCO)C1CCC1. The minimum absolute atomic E-state index is 0.0753. The van der Waals surface area contributed by atoms with Gasteiger partial charge in [0.2, 0.25) is 0 Å². The van der Waals surface area contributed by atoms with Crippen molar-refractivity contribution in [2.45, 2.75) is 32.2 Å². The van der Waals surface area contributed by atoms with Gasteiger partial charge in [0.05, 0.1) is 17.9 Å². The predicted octanol–water partition coefficient (Wildman–Crippen LogP) is 2.24. The van der Waals surface area contributed by atoms with Gasteiger partial charge >= 0.3 is 0 Å². The van der Waals surface area contributed by atoms with Gasteiger partial charge in [0.25, 0.3) is 5.91 Å². The number of amides is 1. The van der Waals surface area contributed by atoms with Crippen LogP contribution in [0.3, 0.4) is 0 Å². The van der Waals surface area contributed by atoms with E-state index >= 15 is 0 Å². The fourth-order valence-electron chi connectivity index (χ4n) is 2.47. The molecule has 0 atom stereocenters. The van der Waals surface area contributed by atoms with Crippen LogP contribution >= 0.6 is 0 Å². The van der Waals surface area contributed by atoms with Crippen LogP contribution in [-0.2, 0) is 0 Å². The van der Waals surface area contributed by atoms with Crippen molar-refractivity contribution in [3.63, 3.8) is 0 Å². The second-order valence-corrected chi connectivity index (χ2v) is 5.00. The topological polar surface area (TPSA) is 52.6 Å². The molecule has 1 amide bonds. The van der Waals surface area contributed by atoms with Gasteiger partial charge in [-0.2, -0.15) is 0 Å². The van der Waals surface area contributed by atoms with Gasteiger partial charge in [-0.1, -0.05) is 6.07 Å². The van der Waals surface area contributed by atoms with E-state index in [0.29, 0.717) is 18.7 Å². The normalized spacial score (nSPS) is 14.8. The van der Waals surface area contributed by atoms with E-state index in [4.69, 9.17) is 5.11 Å². The number of para-hydroxylation sites is 1. The van der Waals surface area contributed by atoms with E-state index in [9.17, 15) is 9.18 Å². The fraction of sp³-hybridized carbons (Fsp3) is 0.533. The number of carbonyl (C=O) groups excluding carboxylic acids is 1. The lowest BCUT2D eigenvalue weighted by molar-refractivity contribution is 0.0526. The lowest BCUT2D eigenvalue weighted by Gasteiger charge is -2.37. The van der Waals surface area contributed by atoms with Crippen molar-refractivity contribution in [1.29, 1.82) is 0 Å². The molecule has 1 aromatic rings. The van der Waals surface area contributed by atoms with Crippen LogP contribution in [0.4, 0.5) is 10.1 Å². The molecular formula is C15H21FN2O2. The minimum atomic E-state index is -0.421. The molecular weight excluding hydrogens is 259 g/mol. The molecule has 2 N–H and O–H groups in total. The van der Waals surface area contributed by atoms with Crippen molar-refractivity contribution < 1.29 is 14.3 Å². The maximum absolute atomic E-state index is 13.9. The molecule has 1 fully saturated rings. The van der Waals surface area contributed by atoms with E-state index in [1.54, 1.807) is 17.0 Å². The number of anilines is 1. The summed E-state index contributed by atoms with van der Waals surface area (Å²) < 4.78 is 13.9. The Balaban J connectivity index is 2.28. The predicted molar refractivity (Wildman–Crippen MR) is 76.3 cm³/mol. The zero-order chi connectivity index (χ0) is 14.5. The molecule has 0 bridgehead atoms. The Labute approximate surface area is 118 Å². The molecule has 0 unspecified atom stereocenters. The molecule has 0 radical (unpaired) electrons. The van der Waals surface area contributed by atoms with E-state index in [2.05, 4.69) is 5.32 Å². The first-order valence-electron chi connectivity index (χ1n) is 7.13. The number of nitrogens with one attached hydrogen (secondary N) is 1. The van der Waals surface area contributed by atoms with Crippen LogP contribution in [0.1, 0.15) is 36.5 Å². The van der Waals surface area contributed by atoms with E-state index in [1.165, 1.54) is 6.07 Å². The molecule has 0 aromatic heterocycles. The largest absolute Gasteiger partial charge is 0.395 e. The molecule has 1 aliphatic rings. The smallest absolute Gasteiger partial charge is 0.256 e. The van der Waals surface area contributed by atoms with E-state index in [1.807, 2.05) is 6.92 Å². The highest BCUT2D eigenvalue weighted by Crippen LogP contribution is 2.28. The molecule has 20 heavy (non-hydrogen) atoms. The summed E-state index contributed by atoms with van der Waals surface area (Å²) in [5.41, 5.74) is 0.592. The van der Waals surface area contributed by atoms with Gasteiger partial charge in [0, 0.05) is 19.1 Å². The number of hydrogen-bond acceptors (Lipinski definition) is 3. The monoisotopic (exact) mass is 280 g/mol. The maximum atomic E-state index is 13.9. The average Bonchev–Trinajstić information content (AvgIpc) is 2.38. The van der Waals surface area contributed by atoms with Crippen molar-refractivity contribution >= 4 is 11.6 Å². The molecule has 0 saturated heterocycles. The van der Waals surface area contributed by atoms with Crippen molar-refractivity contribution in [3.05, 3.63) is 29.6 Å². The number of halogens is 1. The second kappa shape index (κ2) is 6.70. The van der Waals surface area contributed by atoms with Crippen molar-refractivity contribution in [2.24, 2.45) is 0 Å². The summed E-state index contributed by atoms with van der Waals surface area (Å²) in [6.07, 6.45) is 3.01. The molecule has 5 heteroatoms. The summed E-state index contributed by atoms with van der Waals surface area (Å²) >= 11 is 0. The summed E-state index contributed by atoms with van der Waals surface area (Å²) in [4.78, 5) is 14.3. The summed E-state index contributed by atoms with van der Waals surface area (Å²) in [6.45, 7) is 2.63. The fourth-order valence-corrected chi connectivity index (χ4v) is 2.47. The Hall–Kier alpha value is -1.62. The number of hydrogen-bond donors (Lipinski definition) is 2. The lowest BCUT2D eigenvalue weighted by atomic mass is 9.91. The molecule has 1 aromatic carbocycles. The highest BCUT2D eigenvalue weighted by atomic mass is 19.1. The summed E-state index contributed by atoms with van der Waals surface area (Å²) in [7, 11) is 0. The van der Waals surface area contributed by atoms with E-state index < -0.39 is 5.82 Å². The Morgan fingerprint density at radius 1 is 1.50 bits per heavy atom. The number of aliphatic hydroxyl groups is 1. The quantitative estimate of drug-likeness (QED) is 0.840.